The molecule has 0 atom stereocenters. The van der Waals surface area contributed by atoms with Crippen molar-refractivity contribution in [3.8, 4) is 0 Å². The fraction of sp³-hybridized carbons (Fsp3) is 0.263. The Bertz CT molecular complexity index is 955. The van der Waals surface area contributed by atoms with Crippen molar-refractivity contribution in [2.45, 2.75) is 18.7 Å². The Hall–Kier alpha value is -2.22. The third kappa shape index (κ3) is 5.38. The molecular formula is C19H20ClNO5S. The highest BCUT2D eigenvalue weighted by Gasteiger charge is 2.24. The SMILES string of the molecule is Cc1ccc(C)c(C(=O)COC(=O)CN(C)S(=O)(=O)c2ccc(Cl)cc2)c1. The number of sulfonamides is 1. The van der Waals surface area contributed by atoms with Crippen LogP contribution in [-0.4, -0.2) is 44.7 Å². The quantitative estimate of drug-likeness (QED) is 0.518. The van der Waals surface area contributed by atoms with E-state index in [4.69, 9.17) is 16.3 Å². The predicted molar refractivity (Wildman–Crippen MR) is 102 cm³/mol. The normalized spacial score (nSPS) is 11.4. The number of halogens is 1. The molecule has 2 aromatic rings. The van der Waals surface area contributed by atoms with Crippen molar-refractivity contribution in [2.75, 3.05) is 20.2 Å². The first-order valence-electron chi connectivity index (χ1n) is 8.09. The highest BCUT2D eigenvalue weighted by atomic mass is 35.5. The molecule has 0 aliphatic carbocycles. The van der Waals surface area contributed by atoms with Gasteiger partial charge in [0.25, 0.3) is 0 Å². The van der Waals surface area contributed by atoms with Gasteiger partial charge in [-0.2, -0.15) is 4.31 Å². The highest BCUT2D eigenvalue weighted by molar-refractivity contribution is 7.89. The topological polar surface area (TPSA) is 80.8 Å². The van der Waals surface area contributed by atoms with Crippen molar-refractivity contribution >= 4 is 33.4 Å². The zero-order valence-corrected chi connectivity index (χ0v) is 16.8. The van der Waals surface area contributed by atoms with Crippen molar-refractivity contribution in [1.29, 1.82) is 0 Å². The van der Waals surface area contributed by atoms with Crippen LogP contribution >= 0.6 is 11.6 Å². The van der Waals surface area contributed by atoms with Crippen LogP contribution < -0.4 is 0 Å². The minimum absolute atomic E-state index is 0.00802. The van der Waals surface area contributed by atoms with Gasteiger partial charge >= 0.3 is 5.97 Å². The maximum atomic E-state index is 12.4. The zero-order valence-electron chi connectivity index (χ0n) is 15.2. The Morgan fingerprint density at radius 2 is 1.70 bits per heavy atom. The Morgan fingerprint density at radius 1 is 1.07 bits per heavy atom. The van der Waals surface area contributed by atoms with Gasteiger partial charge in [-0.05, 0) is 49.7 Å². The smallest absolute Gasteiger partial charge is 0.321 e. The van der Waals surface area contributed by atoms with Crippen molar-refractivity contribution in [3.63, 3.8) is 0 Å². The lowest BCUT2D eigenvalue weighted by atomic mass is 10.0. The van der Waals surface area contributed by atoms with E-state index in [-0.39, 0.29) is 10.7 Å². The van der Waals surface area contributed by atoms with Gasteiger partial charge in [0.1, 0.15) is 6.54 Å². The second-order valence-corrected chi connectivity index (χ2v) is 8.60. The summed E-state index contributed by atoms with van der Waals surface area (Å²) in [4.78, 5) is 24.2. The van der Waals surface area contributed by atoms with Crippen LogP contribution in [0.15, 0.2) is 47.4 Å². The monoisotopic (exact) mass is 409 g/mol. The molecule has 0 saturated heterocycles. The first kappa shape index (κ1) is 21.1. The number of aryl methyl sites for hydroxylation is 2. The number of likely N-dealkylation sites (N-methyl/N-ethyl adjacent to an activating group) is 1. The van der Waals surface area contributed by atoms with E-state index in [2.05, 4.69) is 0 Å². The molecule has 0 N–H and O–H groups in total. The molecular weight excluding hydrogens is 390 g/mol. The van der Waals surface area contributed by atoms with E-state index in [1.54, 1.807) is 13.0 Å². The van der Waals surface area contributed by atoms with Crippen molar-refractivity contribution in [1.82, 2.24) is 4.31 Å². The second kappa shape index (κ2) is 8.65. The number of hydrogen-bond donors (Lipinski definition) is 0. The number of ether oxygens (including phenoxy) is 1. The molecule has 0 aromatic heterocycles. The van der Waals surface area contributed by atoms with E-state index in [0.29, 0.717) is 10.6 Å². The van der Waals surface area contributed by atoms with Crippen LogP contribution in [-0.2, 0) is 19.6 Å². The van der Waals surface area contributed by atoms with Crippen LogP contribution in [0.25, 0.3) is 0 Å². The first-order valence-corrected chi connectivity index (χ1v) is 9.91. The molecule has 0 aliphatic heterocycles. The number of carbonyl (C=O) groups is 2. The van der Waals surface area contributed by atoms with E-state index in [0.717, 1.165) is 15.4 Å². The van der Waals surface area contributed by atoms with E-state index in [9.17, 15) is 18.0 Å². The van der Waals surface area contributed by atoms with Gasteiger partial charge in [-0.1, -0.05) is 29.3 Å². The highest BCUT2D eigenvalue weighted by Crippen LogP contribution is 2.17. The van der Waals surface area contributed by atoms with Crippen LogP contribution in [0.5, 0.6) is 0 Å². The fourth-order valence-corrected chi connectivity index (χ4v) is 3.60. The molecule has 0 unspecified atom stereocenters. The van der Waals surface area contributed by atoms with Gasteiger partial charge in [0.2, 0.25) is 15.8 Å². The Balaban J connectivity index is 1.97. The molecule has 0 radical (unpaired) electrons. The number of benzene rings is 2. The number of esters is 1. The summed E-state index contributed by atoms with van der Waals surface area (Å²) in [6.45, 7) is 2.70. The van der Waals surface area contributed by atoms with Crippen LogP contribution in [0.4, 0.5) is 0 Å². The van der Waals surface area contributed by atoms with Crippen LogP contribution in [0.3, 0.4) is 0 Å². The Labute approximate surface area is 163 Å². The fourth-order valence-electron chi connectivity index (χ4n) is 2.36. The summed E-state index contributed by atoms with van der Waals surface area (Å²) in [6, 6.07) is 11.0. The molecule has 8 heteroatoms. The third-order valence-electron chi connectivity index (χ3n) is 3.93. The predicted octanol–water partition coefficient (Wildman–Crippen LogP) is 3.00. The summed E-state index contributed by atoms with van der Waals surface area (Å²) in [5.74, 6) is -1.15. The summed E-state index contributed by atoms with van der Waals surface area (Å²) in [5, 5.41) is 0.404. The molecule has 0 bridgehead atoms. The maximum absolute atomic E-state index is 12.4. The lowest BCUT2D eigenvalue weighted by Crippen LogP contribution is -2.33. The molecule has 0 spiro atoms. The summed E-state index contributed by atoms with van der Waals surface area (Å²) in [5.41, 5.74) is 2.18. The Kier molecular flexibility index (Phi) is 6.75. The minimum atomic E-state index is -3.86. The van der Waals surface area contributed by atoms with Crippen LogP contribution in [0.1, 0.15) is 21.5 Å². The maximum Gasteiger partial charge on any atom is 0.321 e. The molecule has 0 saturated carbocycles. The van der Waals surface area contributed by atoms with Gasteiger partial charge in [0, 0.05) is 17.6 Å². The summed E-state index contributed by atoms with van der Waals surface area (Å²) in [7, 11) is -2.60. The molecule has 144 valence electrons. The lowest BCUT2D eigenvalue weighted by molar-refractivity contribution is -0.142. The molecule has 0 heterocycles. The van der Waals surface area contributed by atoms with E-state index < -0.39 is 29.1 Å². The standard InChI is InChI=1S/C19H20ClNO5S/c1-13-4-5-14(2)17(10-13)18(22)12-26-19(23)11-21(3)27(24,25)16-8-6-15(20)7-9-16/h4-10H,11-12H2,1-3H3. The summed E-state index contributed by atoms with van der Waals surface area (Å²) >= 11 is 5.75. The molecule has 2 aromatic carbocycles. The number of ketones is 1. The Morgan fingerprint density at radius 3 is 2.33 bits per heavy atom. The van der Waals surface area contributed by atoms with Crippen LogP contribution in [0.2, 0.25) is 5.02 Å². The lowest BCUT2D eigenvalue weighted by Gasteiger charge is -2.16. The molecule has 0 aliphatic rings. The summed E-state index contributed by atoms with van der Waals surface area (Å²) in [6.07, 6.45) is 0. The number of nitrogens with zero attached hydrogens (tertiary/aromatic N) is 1. The number of hydrogen-bond acceptors (Lipinski definition) is 5. The first-order chi connectivity index (χ1) is 12.6. The van der Waals surface area contributed by atoms with Gasteiger partial charge in [0.05, 0.1) is 4.90 Å². The van der Waals surface area contributed by atoms with Crippen molar-refractivity contribution in [3.05, 3.63) is 64.2 Å². The average Bonchev–Trinajstić information content (AvgIpc) is 2.62. The minimum Gasteiger partial charge on any atom is -0.456 e. The molecule has 6 nitrogen and oxygen atoms in total. The molecule has 0 amide bonds. The van der Waals surface area contributed by atoms with E-state index in [1.165, 1.54) is 31.3 Å². The van der Waals surface area contributed by atoms with Gasteiger partial charge in [-0.3, -0.25) is 9.59 Å². The number of rotatable bonds is 7. The zero-order chi connectivity index (χ0) is 20.2. The van der Waals surface area contributed by atoms with Gasteiger partial charge in [-0.25, -0.2) is 8.42 Å². The molecule has 27 heavy (non-hydrogen) atoms. The molecule has 2 rings (SSSR count). The number of Topliss-reactive ketones (excluding diaryl/α,β-unsaturated/α-hetero) is 1. The van der Waals surface area contributed by atoms with E-state index >= 15 is 0 Å². The number of carbonyl (C=O) groups excluding carboxylic acids is 2. The van der Waals surface area contributed by atoms with E-state index in [1.807, 2.05) is 19.1 Å². The van der Waals surface area contributed by atoms with Gasteiger partial charge in [0.15, 0.2) is 6.61 Å². The van der Waals surface area contributed by atoms with Crippen LogP contribution in [0, 0.1) is 13.8 Å². The second-order valence-electron chi connectivity index (χ2n) is 6.12. The largest absolute Gasteiger partial charge is 0.456 e. The average molecular weight is 410 g/mol. The summed E-state index contributed by atoms with van der Waals surface area (Å²) < 4.78 is 30.7. The van der Waals surface area contributed by atoms with Gasteiger partial charge in [-0.15, -0.1) is 0 Å². The molecule has 0 fully saturated rings. The van der Waals surface area contributed by atoms with Crippen molar-refractivity contribution in [2.24, 2.45) is 0 Å². The van der Waals surface area contributed by atoms with Crippen molar-refractivity contribution < 1.29 is 22.7 Å². The third-order valence-corrected chi connectivity index (χ3v) is 6.00. The van der Waals surface area contributed by atoms with Gasteiger partial charge < -0.3 is 4.74 Å².